The summed E-state index contributed by atoms with van der Waals surface area (Å²) in [4.78, 5) is 13.7. The second-order valence-electron chi connectivity index (χ2n) is 4.67. The number of hydrogen-bond acceptors (Lipinski definition) is 6. The zero-order chi connectivity index (χ0) is 13.8. The average molecular weight is 267 g/mol. The summed E-state index contributed by atoms with van der Waals surface area (Å²) in [5, 5.41) is 14.0. The van der Waals surface area contributed by atoms with E-state index in [0.29, 0.717) is 11.9 Å². The largest absolute Gasteiger partial charge is 0.406 e. The Labute approximate surface area is 112 Å². The molecule has 2 unspecified atom stereocenters. The van der Waals surface area contributed by atoms with Crippen molar-refractivity contribution in [2.75, 3.05) is 25.0 Å². The lowest BCUT2D eigenvalue weighted by Crippen LogP contribution is -2.42. The Bertz CT molecular complexity index is 434. The molecule has 2 rings (SSSR count). The Kier molecular flexibility index (Phi) is 4.36. The fourth-order valence-corrected chi connectivity index (χ4v) is 2.35. The predicted octanol–water partition coefficient (Wildman–Crippen LogP) is 0.455. The molecular formula is C12H21N5O2. The molecule has 0 aromatic carbocycles. The molecule has 0 bridgehead atoms. The molecular weight excluding hydrogens is 246 g/mol. The van der Waals surface area contributed by atoms with E-state index in [1.54, 1.807) is 7.05 Å². The van der Waals surface area contributed by atoms with Crippen molar-refractivity contribution < 1.29 is 9.21 Å². The van der Waals surface area contributed by atoms with Crippen LogP contribution in [-0.2, 0) is 4.79 Å². The van der Waals surface area contributed by atoms with E-state index >= 15 is 0 Å². The van der Waals surface area contributed by atoms with Crippen LogP contribution >= 0.6 is 0 Å². The molecule has 2 heterocycles. The Morgan fingerprint density at radius 2 is 2.37 bits per heavy atom. The Morgan fingerprint density at radius 3 is 3.05 bits per heavy atom. The maximum Gasteiger partial charge on any atom is 0.318 e. The second-order valence-corrected chi connectivity index (χ2v) is 4.67. The molecule has 2 N–H and O–H groups in total. The van der Waals surface area contributed by atoms with Crippen LogP contribution < -0.4 is 15.5 Å². The summed E-state index contributed by atoms with van der Waals surface area (Å²) in [5.41, 5.74) is 0. The standard InChI is InChI=1S/C12H21N5O2/c1-4-14-8(2)11-15-16-12(19-11)17-7-5-6-9(17)10(18)13-3/h8-9,14H,4-7H2,1-3H3,(H,13,18). The highest BCUT2D eigenvalue weighted by Gasteiger charge is 2.33. The van der Waals surface area contributed by atoms with Gasteiger partial charge in [0.2, 0.25) is 11.8 Å². The van der Waals surface area contributed by atoms with E-state index in [4.69, 9.17) is 4.42 Å². The van der Waals surface area contributed by atoms with Crippen LogP contribution in [0.1, 0.15) is 38.6 Å². The van der Waals surface area contributed by atoms with Crippen molar-refractivity contribution in [3.05, 3.63) is 5.89 Å². The number of anilines is 1. The number of nitrogens with one attached hydrogen (secondary N) is 2. The average Bonchev–Trinajstić information content (AvgIpc) is 3.06. The van der Waals surface area contributed by atoms with Crippen LogP contribution in [0, 0.1) is 0 Å². The molecule has 0 aliphatic carbocycles. The van der Waals surface area contributed by atoms with E-state index in [1.165, 1.54) is 0 Å². The zero-order valence-electron chi connectivity index (χ0n) is 11.6. The Morgan fingerprint density at radius 1 is 1.58 bits per heavy atom. The normalized spacial score (nSPS) is 20.6. The van der Waals surface area contributed by atoms with Gasteiger partial charge in [-0.15, -0.1) is 5.10 Å². The molecule has 2 atom stereocenters. The molecule has 1 fully saturated rings. The van der Waals surface area contributed by atoms with E-state index < -0.39 is 0 Å². The highest BCUT2D eigenvalue weighted by Crippen LogP contribution is 2.25. The number of amides is 1. The van der Waals surface area contributed by atoms with Crippen LogP contribution in [0.5, 0.6) is 0 Å². The number of carbonyl (C=O) groups is 1. The quantitative estimate of drug-likeness (QED) is 0.806. The summed E-state index contributed by atoms with van der Waals surface area (Å²) in [5.74, 6) is 0.552. The van der Waals surface area contributed by atoms with Gasteiger partial charge in [-0.3, -0.25) is 4.79 Å². The van der Waals surface area contributed by atoms with Gasteiger partial charge < -0.3 is 20.0 Å². The maximum atomic E-state index is 11.8. The van der Waals surface area contributed by atoms with Crippen molar-refractivity contribution in [3.63, 3.8) is 0 Å². The van der Waals surface area contributed by atoms with Gasteiger partial charge in [0.1, 0.15) is 6.04 Å². The van der Waals surface area contributed by atoms with Gasteiger partial charge in [0.15, 0.2) is 0 Å². The van der Waals surface area contributed by atoms with Gasteiger partial charge in [-0.2, -0.15) is 0 Å². The van der Waals surface area contributed by atoms with Crippen LogP contribution in [0.2, 0.25) is 0 Å². The van der Waals surface area contributed by atoms with E-state index in [-0.39, 0.29) is 18.0 Å². The predicted molar refractivity (Wildman–Crippen MR) is 70.8 cm³/mol. The van der Waals surface area contributed by atoms with Gasteiger partial charge >= 0.3 is 6.01 Å². The van der Waals surface area contributed by atoms with Crippen LogP contribution in [0.4, 0.5) is 6.01 Å². The summed E-state index contributed by atoms with van der Waals surface area (Å²) in [6, 6.07) is 0.255. The molecule has 0 spiro atoms. The minimum Gasteiger partial charge on any atom is -0.406 e. The molecule has 1 aromatic heterocycles. The Hall–Kier alpha value is -1.63. The van der Waals surface area contributed by atoms with E-state index in [0.717, 1.165) is 25.9 Å². The summed E-state index contributed by atoms with van der Waals surface area (Å²) >= 11 is 0. The molecule has 1 aliphatic heterocycles. The minimum absolute atomic E-state index is 0.00279. The third-order valence-electron chi connectivity index (χ3n) is 3.36. The number of rotatable bonds is 5. The third kappa shape index (κ3) is 2.86. The first-order chi connectivity index (χ1) is 9.17. The molecule has 7 heteroatoms. The van der Waals surface area contributed by atoms with Crippen molar-refractivity contribution in [2.24, 2.45) is 0 Å². The van der Waals surface area contributed by atoms with Gasteiger partial charge in [0, 0.05) is 13.6 Å². The maximum absolute atomic E-state index is 11.8. The Balaban J connectivity index is 2.11. The van der Waals surface area contributed by atoms with Crippen molar-refractivity contribution in [1.29, 1.82) is 0 Å². The zero-order valence-corrected chi connectivity index (χ0v) is 11.6. The summed E-state index contributed by atoms with van der Waals surface area (Å²) in [7, 11) is 1.64. The molecule has 1 aliphatic rings. The highest BCUT2D eigenvalue weighted by molar-refractivity contribution is 5.84. The molecule has 0 saturated carbocycles. The number of nitrogens with zero attached hydrogens (tertiary/aromatic N) is 3. The van der Waals surface area contributed by atoms with Gasteiger partial charge in [0.25, 0.3) is 0 Å². The SMILES string of the molecule is CCNC(C)c1nnc(N2CCCC2C(=O)NC)o1. The molecule has 1 saturated heterocycles. The topological polar surface area (TPSA) is 83.3 Å². The summed E-state index contributed by atoms with van der Waals surface area (Å²) in [6.45, 7) is 5.61. The fraction of sp³-hybridized carbons (Fsp3) is 0.750. The van der Waals surface area contributed by atoms with Gasteiger partial charge in [-0.25, -0.2) is 0 Å². The van der Waals surface area contributed by atoms with Gasteiger partial charge in [-0.1, -0.05) is 12.0 Å². The lowest BCUT2D eigenvalue weighted by Gasteiger charge is -2.20. The monoisotopic (exact) mass is 267 g/mol. The van der Waals surface area contributed by atoms with Crippen molar-refractivity contribution >= 4 is 11.9 Å². The number of aromatic nitrogens is 2. The van der Waals surface area contributed by atoms with Crippen LogP contribution in [-0.4, -0.2) is 42.3 Å². The molecule has 1 aromatic rings. The number of carbonyl (C=O) groups excluding carboxylic acids is 1. The summed E-state index contributed by atoms with van der Waals surface area (Å²) < 4.78 is 5.67. The second kappa shape index (κ2) is 6.01. The molecule has 19 heavy (non-hydrogen) atoms. The van der Waals surface area contributed by atoms with Crippen molar-refractivity contribution in [1.82, 2.24) is 20.8 Å². The molecule has 0 radical (unpaired) electrons. The highest BCUT2D eigenvalue weighted by atomic mass is 16.4. The van der Waals surface area contributed by atoms with Gasteiger partial charge in [-0.05, 0) is 26.3 Å². The number of likely N-dealkylation sites (N-methyl/N-ethyl adjacent to an activating group) is 1. The molecule has 7 nitrogen and oxygen atoms in total. The lowest BCUT2D eigenvalue weighted by molar-refractivity contribution is -0.121. The minimum atomic E-state index is -0.201. The van der Waals surface area contributed by atoms with Crippen molar-refractivity contribution in [3.8, 4) is 0 Å². The van der Waals surface area contributed by atoms with Gasteiger partial charge in [0.05, 0.1) is 6.04 Å². The van der Waals surface area contributed by atoms with Crippen LogP contribution in [0.3, 0.4) is 0 Å². The van der Waals surface area contributed by atoms with Crippen LogP contribution in [0.25, 0.3) is 0 Å². The molecule has 1 amide bonds. The smallest absolute Gasteiger partial charge is 0.318 e. The van der Waals surface area contributed by atoms with Crippen molar-refractivity contribution in [2.45, 2.75) is 38.8 Å². The van der Waals surface area contributed by atoms with Crippen LogP contribution in [0.15, 0.2) is 4.42 Å². The lowest BCUT2D eigenvalue weighted by atomic mass is 10.2. The first-order valence-electron chi connectivity index (χ1n) is 6.72. The van der Waals surface area contributed by atoms with E-state index in [2.05, 4.69) is 20.8 Å². The third-order valence-corrected chi connectivity index (χ3v) is 3.36. The molecule has 106 valence electrons. The fourth-order valence-electron chi connectivity index (χ4n) is 2.35. The number of hydrogen-bond donors (Lipinski definition) is 2. The van der Waals surface area contributed by atoms with E-state index in [1.807, 2.05) is 18.7 Å². The first-order valence-corrected chi connectivity index (χ1v) is 6.72. The summed E-state index contributed by atoms with van der Waals surface area (Å²) in [6.07, 6.45) is 1.78. The first kappa shape index (κ1) is 13.8. The van der Waals surface area contributed by atoms with E-state index in [9.17, 15) is 4.79 Å².